The Balaban J connectivity index is 2.34. The lowest BCUT2D eigenvalue weighted by molar-refractivity contribution is 0.00560. The summed E-state index contributed by atoms with van der Waals surface area (Å²) in [7, 11) is 2.00. The normalized spacial score (nSPS) is 29.6. The molecule has 1 aliphatic rings. The van der Waals surface area contributed by atoms with Crippen LogP contribution >= 0.6 is 0 Å². The number of nitrogens with zero attached hydrogens (tertiary/aromatic N) is 2. The van der Waals surface area contributed by atoms with Gasteiger partial charge in [-0.2, -0.15) is 0 Å². The van der Waals surface area contributed by atoms with Gasteiger partial charge in [0.15, 0.2) is 0 Å². The van der Waals surface area contributed by atoms with Gasteiger partial charge in [-0.25, -0.2) is 6.57 Å². The van der Waals surface area contributed by atoms with Crippen molar-refractivity contribution in [3.63, 3.8) is 0 Å². The SMILES string of the molecule is [C-]#[N+]C1CN(C)CCO1. The molecule has 1 atom stereocenters. The van der Waals surface area contributed by atoms with Crippen LogP contribution in [0.5, 0.6) is 0 Å². The van der Waals surface area contributed by atoms with Crippen molar-refractivity contribution in [2.45, 2.75) is 6.23 Å². The van der Waals surface area contributed by atoms with E-state index in [1.54, 1.807) is 0 Å². The average molecular weight is 126 g/mol. The van der Waals surface area contributed by atoms with Gasteiger partial charge < -0.3 is 4.74 Å². The van der Waals surface area contributed by atoms with Crippen LogP contribution in [0.15, 0.2) is 0 Å². The highest BCUT2D eigenvalue weighted by Gasteiger charge is 2.20. The van der Waals surface area contributed by atoms with E-state index < -0.39 is 0 Å². The molecule has 1 aliphatic heterocycles. The van der Waals surface area contributed by atoms with E-state index in [-0.39, 0.29) is 6.23 Å². The minimum atomic E-state index is -0.219. The van der Waals surface area contributed by atoms with E-state index >= 15 is 0 Å². The number of morpholine rings is 1. The molecule has 0 spiro atoms. The maximum Gasteiger partial charge on any atom is 0.340 e. The second-order valence-electron chi connectivity index (χ2n) is 2.22. The average Bonchev–Trinajstić information content (AvgIpc) is 1.88. The van der Waals surface area contributed by atoms with Crippen LogP contribution in [0.25, 0.3) is 4.85 Å². The molecule has 3 nitrogen and oxygen atoms in total. The predicted octanol–water partition coefficient (Wildman–Crippen LogP) is 0.194. The minimum absolute atomic E-state index is 0.219. The van der Waals surface area contributed by atoms with Crippen LogP contribution in [0.4, 0.5) is 0 Å². The van der Waals surface area contributed by atoms with Gasteiger partial charge in [0.1, 0.15) is 6.54 Å². The largest absolute Gasteiger partial charge is 0.340 e. The highest BCUT2D eigenvalue weighted by Crippen LogP contribution is 2.02. The van der Waals surface area contributed by atoms with Crippen LogP contribution in [-0.4, -0.2) is 37.9 Å². The fraction of sp³-hybridized carbons (Fsp3) is 0.833. The van der Waals surface area contributed by atoms with E-state index in [9.17, 15) is 0 Å². The number of rotatable bonds is 0. The molecule has 1 saturated heterocycles. The van der Waals surface area contributed by atoms with Crippen LogP contribution in [0.2, 0.25) is 0 Å². The van der Waals surface area contributed by atoms with Gasteiger partial charge in [-0.05, 0) is 7.05 Å². The summed E-state index contributed by atoms with van der Waals surface area (Å²) >= 11 is 0. The van der Waals surface area contributed by atoms with Gasteiger partial charge in [-0.1, -0.05) is 0 Å². The third-order valence-electron chi connectivity index (χ3n) is 1.40. The Morgan fingerprint density at radius 1 is 1.78 bits per heavy atom. The highest BCUT2D eigenvalue weighted by atomic mass is 16.5. The van der Waals surface area contributed by atoms with Gasteiger partial charge in [-0.3, -0.25) is 9.74 Å². The van der Waals surface area contributed by atoms with Crippen molar-refractivity contribution in [2.75, 3.05) is 26.7 Å². The second-order valence-corrected chi connectivity index (χ2v) is 2.22. The number of hydrogen-bond acceptors (Lipinski definition) is 2. The van der Waals surface area contributed by atoms with Gasteiger partial charge in [0, 0.05) is 6.54 Å². The zero-order chi connectivity index (χ0) is 6.69. The molecule has 9 heavy (non-hydrogen) atoms. The molecule has 0 saturated carbocycles. The smallest absolute Gasteiger partial charge is 0.308 e. The number of hydrogen-bond donors (Lipinski definition) is 0. The summed E-state index contributed by atoms with van der Waals surface area (Å²) in [5, 5.41) is 0. The van der Waals surface area contributed by atoms with Crippen molar-refractivity contribution in [1.82, 2.24) is 4.90 Å². The highest BCUT2D eigenvalue weighted by molar-refractivity contribution is 4.75. The van der Waals surface area contributed by atoms with Crippen LogP contribution in [0, 0.1) is 6.57 Å². The fourth-order valence-electron chi connectivity index (χ4n) is 0.833. The maximum atomic E-state index is 6.66. The molecule has 0 aliphatic carbocycles. The lowest BCUT2D eigenvalue weighted by Gasteiger charge is -2.22. The molecule has 0 aromatic rings. The van der Waals surface area contributed by atoms with Crippen molar-refractivity contribution in [3.8, 4) is 0 Å². The lowest BCUT2D eigenvalue weighted by Crippen LogP contribution is -2.38. The quantitative estimate of drug-likeness (QED) is 0.431. The monoisotopic (exact) mass is 126 g/mol. The number of likely N-dealkylation sites (N-methyl/N-ethyl adjacent to an activating group) is 1. The molecule has 1 rings (SSSR count). The lowest BCUT2D eigenvalue weighted by atomic mass is 10.4. The molecule has 0 aromatic carbocycles. The van der Waals surface area contributed by atoms with Crippen LogP contribution in [0.3, 0.4) is 0 Å². The molecule has 0 bridgehead atoms. The summed E-state index contributed by atoms with van der Waals surface area (Å²) in [6.45, 7) is 9.06. The summed E-state index contributed by atoms with van der Waals surface area (Å²) in [6.07, 6.45) is -0.219. The molecular formula is C6H10N2O. The molecule has 1 fully saturated rings. The first kappa shape index (κ1) is 6.53. The maximum absolute atomic E-state index is 6.66. The number of ether oxygens (including phenoxy) is 1. The van der Waals surface area contributed by atoms with Crippen LogP contribution in [0.1, 0.15) is 0 Å². The Hall–Kier alpha value is -0.590. The zero-order valence-corrected chi connectivity index (χ0v) is 5.50. The van der Waals surface area contributed by atoms with Crippen molar-refractivity contribution in [3.05, 3.63) is 11.4 Å². The van der Waals surface area contributed by atoms with Crippen molar-refractivity contribution >= 4 is 0 Å². The van der Waals surface area contributed by atoms with E-state index in [1.165, 1.54) is 0 Å². The van der Waals surface area contributed by atoms with Gasteiger partial charge in [0.05, 0.1) is 6.61 Å². The van der Waals surface area contributed by atoms with E-state index in [4.69, 9.17) is 11.3 Å². The molecule has 1 heterocycles. The van der Waals surface area contributed by atoms with Crippen molar-refractivity contribution < 1.29 is 4.74 Å². The van der Waals surface area contributed by atoms with Crippen LogP contribution in [-0.2, 0) is 4.74 Å². The fourth-order valence-corrected chi connectivity index (χ4v) is 0.833. The molecule has 0 amide bonds. The molecule has 3 heteroatoms. The predicted molar refractivity (Wildman–Crippen MR) is 33.8 cm³/mol. The van der Waals surface area contributed by atoms with Crippen molar-refractivity contribution in [2.24, 2.45) is 0 Å². The van der Waals surface area contributed by atoms with Crippen LogP contribution < -0.4 is 0 Å². The first-order chi connectivity index (χ1) is 4.33. The van der Waals surface area contributed by atoms with Gasteiger partial charge >= 0.3 is 6.23 Å². The molecule has 0 radical (unpaired) electrons. The Morgan fingerprint density at radius 2 is 2.56 bits per heavy atom. The Labute approximate surface area is 55.0 Å². The molecule has 0 N–H and O–H groups in total. The molecule has 50 valence electrons. The standard InChI is InChI=1S/C6H10N2O/c1-7-6-5-8(2)3-4-9-6/h6H,3-5H2,2H3. The summed E-state index contributed by atoms with van der Waals surface area (Å²) in [5.41, 5.74) is 0. The summed E-state index contributed by atoms with van der Waals surface area (Å²) < 4.78 is 5.10. The van der Waals surface area contributed by atoms with E-state index in [0.29, 0.717) is 6.61 Å². The van der Waals surface area contributed by atoms with E-state index in [2.05, 4.69) is 9.74 Å². The minimum Gasteiger partial charge on any atom is -0.308 e. The first-order valence-corrected chi connectivity index (χ1v) is 2.99. The first-order valence-electron chi connectivity index (χ1n) is 2.99. The van der Waals surface area contributed by atoms with Gasteiger partial charge in [0.2, 0.25) is 0 Å². The third-order valence-corrected chi connectivity index (χ3v) is 1.40. The summed E-state index contributed by atoms with van der Waals surface area (Å²) in [4.78, 5) is 5.39. The van der Waals surface area contributed by atoms with Gasteiger partial charge in [-0.15, -0.1) is 0 Å². The Morgan fingerprint density at radius 3 is 3.00 bits per heavy atom. The summed E-state index contributed by atoms with van der Waals surface area (Å²) in [6, 6.07) is 0. The zero-order valence-electron chi connectivity index (χ0n) is 5.50. The molecular weight excluding hydrogens is 116 g/mol. The molecule has 1 unspecified atom stereocenters. The Bertz CT molecular complexity index is 130. The molecule has 0 aromatic heterocycles. The topological polar surface area (TPSA) is 16.8 Å². The second kappa shape index (κ2) is 2.81. The van der Waals surface area contributed by atoms with Gasteiger partial charge in [0.25, 0.3) is 0 Å². The van der Waals surface area contributed by atoms with E-state index in [0.717, 1.165) is 13.1 Å². The Kier molecular flexibility index (Phi) is 2.04. The van der Waals surface area contributed by atoms with Crippen molar-refractivity contribution in [1.29, 1.82) is 0 Å². The third kappa shape index (κ3) is 1.67. The summed E-state index contributed by atoms with van der Waals surface area (Å²) in [5.74, 6) is 0. The van der Waals surface area contributed by atoms with E-state index in [1.807, 2.05) is 7.05 Å².